The lowest BCUT2D eigenvalue weighted by Crippen LogP contribution is -2.23. The first-order chi connectivity index (χ1) is 15.5. The van der Waals surface area contributed by atoms with E-state index < -0.39 is 0 Å². The van der Waals surface area contributed by atoms with E-state index in [-0.39, 0.29) is 35.4 Å². The minimum absolute atomic E-state index is 0. The van der Waals surface area contributed by atoms with Crippen molar-refractivity contribution in [1.82, 2.24) is 5.32 Å². The SMILES string of the molecule is COc1c(Oc2ccc(CCN)cc2)cc(C(=O)NCc2sccc2C)c(OC)c1OC.Cl. The maximum atomic E-state index is 13.1. The monoisotopic (exact) mass is 492 g/mol. The van der Waals surface area contributed by atoms with E-state index in [9.17, 15) is 4.79 Å². The minimum atomic E-state index is -0.307. The molecule has 0 atom stereocenters. The summed E-state index contributed by atoms with van der Waals surface area (Å²) in [5, 5.41) is 4.94. The van der Waals surface area contributed by atoms with E-state index in [1.54, 1.807) is 17.4 Å². The second-order valence-electron chi connectivity index (χ2n) is 7.02. The Kier molecular flexibility index (Phi) is 9.84. The fraction of sp³-hybridized carbons (Fsp3) is 0.292. The van der Waals surface area contributed by atoms with Gasteiger partial charge in [-0.25, -0.2) is 0 Å². The highest BCUT2D eigenvalue weighted by molar-refractivity contribution is 7.10. The maximum Gasteiger partial charge on any atom is 0.255 e. The minimum Gasteiger partial charge on any atom is -0.492 e. The smallest absolute Gasteiger partial charge is 0.255 e. The molecule has 0 aliphatic rings. The van der Waals surface area contributed by atoms with Gasteiger partial charge in [-0.1, -0.05) is 12.1 Å². The summed E-state index contributed by atoms with van der Waals surface area (Å²) in [6.45, 7) is 3.01. The normalized spacial score (nSPS) is 10.2. The standard InChI is InChI=1S/C24H28N2O5S.ClH/c1-15-10-12-32-20(15)14-26-24(27)18-13-19(22(29-3)23(30-4)21(18)28-2)31-17-7-5-16(6-8-17)9-11-25;/h5-8,10,12-13H,9,11,14,25H2,1-4H3,(H,26,27);1H. The molecule has 0 aliphatic carbocycles. The lowest BCUT2D eigenvalue weighted by atomic mass is 10.1. The predicted molar refractivity (Wildman–Crippen MR) is 133 cm³/mol. The molecule has 1 aromatic heterocycles. The van der Waals surface area contributed by atoms with E-state index in [4.69, 9.17) is 24.7 Å². The van der Waals surface area contributed by atoms with Crippen LogP contribution in [0, 0.1) is 6.92 Å². The number of carbonyl (C=O) groups excluding carboxylic acids is 1. The van der Waals surface area contributed by atoms with E-state index in [2.05, 4.69) is 5.32 Å². The maximum absolute atomic E-state index is 13.1. The van der Waals surface area contributed by atoms with Crippen molar-refractivity contribution >= 4 is 29.7 Å². The molecule has 0 fully saturated rings. The number of hydrogen-bond acceptors (Lipinski definition) is 7. The van der Waals surface area contributed by atoms with Gasteiger partial charge in [-0.05, 0) is 54.6 Å². The molecule has 7 nitrogen and oxygen atoms in total. The van der Waals surface area contributed by atoms with Crippen molar-refractivity contribution < 1.29 is 23.7 Å². The van der Waals surface area contributed by atoms with Crippen LogP contribution in [0.3, 0.4) is 0 Å². The Morgan fingerprint density at radius 1 is 1.00 bits per heavy atom. The second kappa shape index (κ2) is 12.3. The van der Waals surface area contributed by atoms with Gasteiger partial charge in [0.25, 0.3) is 5.91 Å². The Hall–Kier alpha value is -2.94. The van der Waals surface area contributed by atoms with Crippen LogP contribution in [0.25, 0.3) is 0 Å². The third-order valence-corrected chi connectivity index (χ3v) is 6.00. The van der Waals surface area contributed by atoms with Crippen molar-refractivity contribution in [3.8, 4) is 28.7 Å². The van der Waals surface area contributed by atoms with Gasteiger partial charge < -0.3 is 30.0 Å². The van der Waals surface area contributed by atoms with Crippen molar-refractivity contribution in [1.29, 1.82) is 0 Å². The number of halogens is 1. The summed E-state index contributed by atoms with van der Waals surface area (Å²) in [4.78, 5) is 14.2. The summed E-state index contributed by atoms with van der Waals surface area (Å²) in [6, 6.07) is 11.2. The van der Waals surface area contributed by atoms with E-state index >= 15 is 0 Å². The highest BCUT2D eigenvalue weighted by atomic mass is 35.5. The van der Waals surface area contributed by atoms with Crippen LogP contribution in [-0.2, 0) is 13.0 Å². The first-order valence-corrected chi connectivity index (χ1v) is 11.0. The number of hydrogen-bond donors (Lipinski definition) is 2. The average molecular weight is 493 g/mol. The van der Waals surface area contributed by atoms with Gasteiger partial charge in [0, 0.05) is 10.9 Å². The summed E-state index contributed by atoms with van der Waals surface area (Å²) < 4.78 is 22.6. The Balaban J connectivity index is 0.00000385. The number of nitrogens with two attached hydrogens (primary N) is 1. The molecule has 1 amide bonds. The molecule has 3 rings (SSSR count). The van der Waals surface area contributed by atoms with E-state index in [1.807, 2.05) is 42.6 Å². The molecular formula is C24H29ClN2O5S. The van der Waals surface area contributed by atoms with Gasteiger partial charge in [0.05, 0.1) is 33.4 Å². The molecule has 0 saturated carbocycles. The molecule has 1 heterocycles. The molecule has 0 aliphatic heterocycles. The van der Waals surface area contributed by atoms with Gasteiger partial charge in [0.15, 0.2) is 11.5 Å². The Morgan fingerprint density at radius 2 is 1.67 bits per heavy atom. The number of benzene rings is 2. The number of carbonyl (C=O) groups is 1. The van der Waals surface area contributed by atoms with Crippen LogP contribution in [0.5, 0.6) is 28.7 Å². The Labute approximate surface area is 204 Å². The van der Waals surface area contributed by atoms with Crippen LogP contribution in [0.4, 0.5) is 0 Å². The molecule has 9 heteroatoms. The fourth-order valence-corrected chi connectivity index (χ4v) is 4.13. The fourth-order valence-electron chi connectivity index (χ4n) is 3.28. The molecule has 0 spiro atoms. The van der Waals surface area contributed by atoms with Crippen molar-refractivity contribution in [2.75, 3.05) is 27.9 Å². The first-order valence-electron chi connectivity index (χ1n) is 10.1. The number of aryl methyl sites for hydroxylation is 1. The van der Waals surface area contributed by atoms with Crippen LogP contribution in [0.15, 0.2) is 41.8 Å². The lowest BCUT2D eigenvalue weighted by molar-refractivity contribution is 0.0947. The second-order valence-corrected chi connectivity index (χ2v) is 8.02. The number of methoxy groups -OCH3 is 3. The van der Waals surface area contributed by atoms with Crippen molar-refractivity contribution in [3.05, 3.63) is 63.3 Å². The van der Waals surface area contributed by atoms with Crippen LogP contribution >= 0.6 is 23.7 Å². The van der Waals surface area contributed by atoms with Gasteiger partial charge in [-0.2, -0.15) is 0 Å². The van der Waals surface area contributed by atoms with Crippen LogP contribution < -0.4 is 30.0 Å². The summed E-state index contributed by atoms with van der Waals surface area (Å²) in [5.74, 6) is 1.52. The van der Waals surface area contributed by atoms with Crippen LogP contribution in [0.2, 0.25) is 0 Å². The molecule has 0 saturated heterocycles. The van der Waals surface area contributed by atoms with Gasteiger partial charge in [-0.15, -0.1) is 23.7 Å². The van der Waals surface area contributed by atoms with Crippen molar-refractivity contribution in [2.24, 2.45) is 5.73 Å². The van der Waals surface area contributed by atoms with Crippen molar-refractivity contribution in [2.45, 2.75) is 19.9 Å². The molecular weight excluding hydrogens is 464 g/mol. The van der Waals surface area contributed by atoms with E-state index in [0.29, 0.717) is 30.3 Å². The molecule has 3 aromatic rings. The first kappa shape index (κ1) is 26.3. The van der Waals surface area contributed by atoms with Crippen molar-refractivity contribution in [3.63, 3.8) is 0 Å². The van der Waals surface area contributed by atoms with E-state index in [1.165, 1.54) is 21.3 Å². The van der Waals surface area contributed by atoms with Crippen LogP contribution in [0.1, 0.15) is 26.4 Å². The third-order valence-electron chi connectivity index (χ3n) is 4.98. The lowest BCUT2D eigenvalue weighted by Gasteiger charge is -2.19. The molecule has 178 valence electrons. The zero-order valence-electron chi connectivity index (χ0n) is 19.1. The zero-order valence-corrected chi connectivity index (χ0v) is 20.7. The summed E-state index contributed by atoms with van der Waals surface area (Å²) in [6.07, 6.45) is 0.786. The summed E-state index contributed by atoms with van der Waals surface area (Å²) >= 11 is 1.60. The topological polar surface area (TPSA) is 92.0 Å². The average Bonchev–Trinajstić information content (AvgIpc) is 3.22. The molecule has 0 bridgehead atoms. The zero-order chi connectivity index (χ0) is 23.1. The number of rotatable bonds is 10. The summed E-state index contributed by atoms with van der Waals surface area (Å²) in [5.41, 5.74) is 8.15. The van der Waals surface area contributed by atoms with Crippen LogP contribution in [-0.4, -0.2) is 33.8 Å². The number of thiophene rings is 1. The van der Waals surface area contributed by atoms with E-state index in [0.717, 1.165) is 22.4 Å². The molecule has 33 heavy (non-hydrogen) atoms. The number of ether oxygens (including phenoxy) is 4. The Bertz CT molecular complexity index is 1070. The van der Waals surface area contributed by atoms with Gasteiger partial charge in [0.1, 0.15) is 5.75 Å². The van der Waals surface area contributed by atoms with Gasteiger partial charge >= 0.3 is 0 Å². The Morgan fingerprint density at radius 3 is 2.21 bits per heavy atom. The molecule has 2 aromatic carbocycles. The van der Waals surface area contributed by atoms with Gasteiger partial charge in [0.2, 0.25) is 11.5 Å². The summed E-state index contributed by atoms with van der Waals surface area (Å²) in [7, 11) is 4.48. The number of amides is 1. The molecule has 0 unspecified atom stereocenters. The number of nitrogens with one attached hydrogen (secondary N) is 1. The highest BCUT2D eigenvalue weighted by Crippen LogP contribution is 2.48. The van der Waals surface area contributed by atoms with Gasteiger partial charge in [-0.3, -0.25) is 4.79 Å². The molecule has 3 N–H and O–H groups in total. The largest absolute Gasteiger partial charge is 0.492 e. The highest BCUT2D eigenvalue weighted by Gasteiger charge is 2.26. The molecule has 0 radical (unpaired) electrons. The third kappa shape index (κ3) is 6.10. The predicted octanol–water partition coefficient (Wildman–Crippen LogP) is 4.73. The quantitative estimate of drug-likeness (QED) is 0.425.